The van der Waals surface area contributed by atoms with Crippen LogP contribution in [0, 0.1) is 11.6 Å². The molecule has 0 fully saturated rings. The smallest absolute Gasteiger partial charge is 0.325 e. The monoisotopic (exact) mass is 418 g/mol. The van der Waals surface area contributed by atoms with E-state index >= 15 is 0 Å². The van der Waals surface area contributed by atoms with Crippen LogP contribution in [-0.4, -0.2) is 33.7 Å². The predicted octanol–water partition coefficient (Wildman–Crippen LogP) is 3.21. The van der Waals surface area contributed by atoms with Crippen LogP contribution >= 0.6 is 11.8 Å². The molecule has 150 valence electrons. The summed E-state index contributed by atoms with van der Waals surface area (Å²) in [7, 11) is 1.20. The number of benzene rings is 2. The van der Waals surface area contributed by atoms with Crippen LogP contribution in [0.3, 0.4) is 0 Å². The van der Waals surface area contributed by atoms with E-state index in [1.165, 1.54) is 13.2 Å². The van der Waals surface area contributed by atoms with E-state index in [0.717, 1.165) is 28.5 Å². The minimum absolute atomic E-state index is 0.00782. The molecule has 0 aliphatic rings. The van der Waals surface area contributed by atoms with Gasteiger partial charge in [-0.05, 0) is 37.3 Å². The number of halogens is 2. The molecular formula is C20H16F2N2O4S. The lowest BCUT2D eigenvalue weighted by Crippen LogP contribution is -2.28. The molecule has 0 aliphatic carbocycles. The molecule has 3 aromatic rings. The molecule has 29 heavy (non-hydrogen) atoms. The lowest BCUT2D eigenvalue weighted by Gasteiger charge is -2.15. The molecule has 0 radical (unpaired) electrons. The van der Waals surface area contributed by atoms with Gasteiger partial charge >= 0.3 is 5.97 Å². The van der Waals surface area contributed by atoms with E-state index in [1.807, 2.05) is 0 Å². The molecule has 6 nitrogen and oxygen atoms in total. The molecular weight excluding hydrogens is 402 g/mol. The van der Waals surface area contributed by atoms with Gasteiger partial charge < -0.3 is 4.74 Å². The maximum absolute atomic E-state index is 13.5. The zero-order chi connectivity index (χ0) is 21.1. The summed E-state index contributed by atoms with van der Waals surface area (Å²) in [5, 5.41) is -0.320. The number of para-hydroxylation sites is 1. The molecule has 0 N–H and O–H groups in total. The maximum atomic E-state index is 13.5. The third kappa shape index (κ3) is 4.34. The molecule has 0 aliphatic heterocycles. The summed E-state index contributed by atoms with van der Waals surface area (Å²) in [6, 6.07) is 9.51. The number of carbonyl (C=O) groups is 2. The third-order valence-corrected chi connectivity index (χ3v) is 5.29. The molecule has 9 heteroatoms. The van der Waals surface area contributed by atoms with E-state index in [0.29, 0.717) is 10.9 Å². The molecule has 1 heterocycles. The number of nitrogens with zero attached hydrogens (tertiary/aromatic N) is 2. The maximum Gasteiger partial charge on any atom is 0.325 e. The minimum atomic E-state index is -1.13. The van der Waals surface area contributed by atoms with Crippen molar-refractivity contribution in [2.75, 3.05) is 7.11 Å². The van der Waals surface area contributed by atoms with Gasteiger partial charge in [-0.1, -0.05) is 23.9 Å². The van der Waals surface area contributed by atoms with Gasteiger partial charge in [0.15, 0.2) is 22.6 Å². The number of rotatable bonds is 6. The number of aromatic nitrogens is 2. The number of ketones is 1. The van der Waals surface area contributed by atoms with Gasteiger partial charge in [-0.25, -0.2) is 13.8 Å². The summed E-state index contributed by atoms with van der Waals surface area (Å²) in [6.07, 6.45) is 0. The highest BCUT2D eigenvalue weighted by atomic mass is 32.2. The van der Waals surface area contributed by atoms with Crippen molar-refractivity contribution < 1.29 is 23.1 Å². The Kier molecular flexibility index (Phi) is 6.07. The van der Waals surface area contributed by atoms with Crippen LogP contribution in [0.4, 0.5) is 8.78 Å². The summed E-state index contributed by atoms with van der Waals surface area (Å²) in [4.78, 5) is 41.6. The highest BCUT2D eigenvalue weighted by molar-refractivity contribution is 8.00. The number of methoxy groups -OCH3 is 1. The standard InChI is InChI=1S/C20H16F2N2O4S/c1-11(18(26)12-7-8-14(21)15(22)9-12)29-20-23-16-6-4-3-5-13(16)19(27)24(20)10-17(25)28-2/h3-9,11H,10H2,1-2H3. The first-order valence-electron chi connectivity index (χ1n) is 8.54. The molecule has 0 bridgehead atoms. The van der Waals surface area contributed by atoms with Crippen LogP contribution in [0.1, 0.15) is 17.3 Å². The second kappa shape index (κ2) is 8.52. The second-order valence-corrected chi connectivity index (χ2v) is 7.44. The van der Waals surface area contributed by atoms with E-state index in [4.69, 9.17) is 0 Å². The van der Waals surface area contributed by atoms with E-state index < -0.39 is 34.2 Å². The normalized spacial score (nSPS) is 12.0. The zero-order valence-corrected chi connectivity index (χ0v) is 16.3. The van der Waals surface area contributed by atoms with Crippen LogP contribution in [0.25, 0.3) is 10.9 Å². The number of thioether (sulfide) groups is 1. The van der Waals surface area contributed by atoms with Crippen molar-refractivity contribution in [2.45, 2.75) is 23.9 Å². The van der Waals surface area contributed by atoms with Gasteiger partial charge in [0.1, 0.15) is 6.54 Å². The third-order valence-electron chi connectivity index (χ3n) is 4.20. The van der Waals surface area contributed by atoms with Gasteiger partial charge in [0.2, 0.25) is 0 Å². The van der Waals surface area contributed by atoms with Crippen LogP contribution < -0.4 is 5.56 Å². The van der Waals surface area contributed by atoms with Crippen molar-refractivity contribution >= 4 is 34.4 Å². The van der Waals surface area contributed by atoms with Gasteiger partial charge in [0, 0.05) is 5.56 Å². The van der Waals surface area contributed by atoms with Crippen LogP contribution in [0.2, 0.25) is 0 Å². The SMILES string of the molecule is COC(=O)Cn1c(SC(C)C(=O)c2ccc(F)c(F)c2)nc2ccccc2c1=O. The Morgan fingerprint density at radius 1 is 1.17 bits per heavy atom. The number of hydrogen-bond donors (Lipinski definition) is 0. The predicted molar refractivity (Wildman–Crippen MR) is 104 cm³/mol. The minimum Gasteiger partial charge on any atom is -0.468 e. The van der Waals surface area contributed by atoms with Crippen molar-refractivity contribution in [3.8, 4) is 0 Å². The molecule has 0 saturated carbocycles. The summed E-state index contributed by atoms with van der Waals surface area (Å²) in [5.74, 6) is -3.30. The van der Waals surface area contributed by atoms with Gasteiger partial charge in [-0.15, -0.1) is 0 Å². The van der Waals surface area contributed by atoms with E-state index in [2.05, 4.69) is 9.72 Å². The number of fused-ring (bicyclic) bond motifs is 1. The van der Waals surface area contributed by atoms with E-state index in [-0.39, 0.29) is 17.3 Å². The Hall–Kier alpha value is -3.07. The highest BCUT2D eigenvalue weighted by Gasteiger charge is 2.22. The average Bonchev–Trinajstić information content (AvgIpc) is 2.72. The summed E-state index contributed by atoms with van der Waals surface area (Å²) in [6.45, 7) is 1.18. The Balaban J connectivity index is 2.00. The Morgan fingerprint density at radius 2 is 1.90 bits per heavy atom. The molecule has 1 atom stereocenters. The first-order chi connectivity index (χ1) is 13.8. The molecule has 0 amide bonds. The fourth-order valence-corrected chi connectivity index (χ4v) is 3.65. The molecule has 0 spiro atoms. The Bertz CT molecular complexity index is 1160. The number of esters is 1. The molecule has 1 aromatic heterocycles. The van der Waals surface area contributed by atoms with Gasteiger partial charge in [0.05, 0.1) is 23.3 Å². The number of Topliss-reactive ketones (excluding diaryl/α,β-unsaturated/α-hetero) is 1. The van der Waals surface area contributed by atoms with E-state index in [9.17, 15) is 23.2 Å². The number of ether oxygens (including phenoxy) is 1. The quantitative estimate of drug-likeness (QED) is 0.265. The van der Waals surface area contributed by atoms with Crippen molar-refractivity contribution in [3.05, 3.63) is 70.0 Å². The van der Waals surface area contributed by atoms with Gasteiger partial charge in [-0.2, -0.15) is 0 Å². The van der Waals surface area contributed by atoms with Crippen molar-refractivity contribution in [1.29, 1.82) is 0 Å². The fourth-order valence-electron chi connectivity index (χ4n) is 2.67. The summed E-state index contributed by atoms with van der Waals surface area (Å²) in [5.41, 5.74) is -0.0453. The highest BCUT2D eigenvalue weighted by Crippen LogP contribution is 2.25. The molecule has 3 rings (SSSR count). The van der Waals surface area contributed by atoms with Crippen LogP contribution in [0.15, 0.2) is 52.4 Å². The molecule has 0 saturated heterocycles. The van der Waals surface area contributed by atoms with Crippen molar-refractivity contribution in [3.63, 3.8) is 0 Å². The molecule has 2 aromatic carbocycles. The zero-order valence-electron chi connectivity index (χ0n) is 15.5. The first-order valence-corrected chi connectivity index (χ1v) is 9.42. The lowest BCUT2D eigenvalue weighted by atomic mass is 10.1. The van der Waals surface area contributed by atoms with E-state index in [1.54, 1.807) is 31.2 Å². The fraction of sp³-hybridized carbons (Fsp3) is 0.200. The number of hydrogen-bond acceptors (Lipinski definition) is 6. The lowest BCUT2D eigenvalue weighted by molar-refractivity contribution is -0.141. The second-order valence-electron chi connectivity index (χ2n) is 6.13. The average molecular weight is 418 g/mol. The Morgan fingerprint density at radius 3 is 2.59 bits per heavy atom. The first kappa shape index (κ1) is 20.7. The van der Waals surface area contributed by atoms with Gasteiger partial charge in [0.25, 0.3) is 5.56 Å². The van der Waals surface area contributed by atoms with Crippen molar-refractivity contribution in [2.24, 2.45) is 0 Å². The Labute approximate surface area is 168 Å². The molecule has 1 unspecified atom stereocenters. The van der Waals surface area contributed by atoms with Crippen LogP contribution in [0.5, 0.6) is 0 Å². The van der Waals surface area contributed by atoms with Crippen LogP contribution in [-0.2, 0) is 16.1 Å². The van der Waals surface area contributed by atoms with Gasteiger partial charge in [-0.3, -0.25) is 19.0 Å². The number of carbonyl (C=O) groups excluding carboxylic acids is 2. The largest absolute Gasteiger partial charge is 0.468 e. The van der Waals surface area contributed by atoms with Crippen molar-refractivity contribution in [1.82, 2.24) is 9.55 Å². The summed E-state index contributed by atoms with van der Waals surface area (Å²) < 4.78 is 32.4. The topological polar surface area (TPSA) is 78.3 Å². The summed E-state index contributed by atoms with van der Waals surface area (Å²) >= 11 is 0.943.